The van der Waals surface area contributed by atoms with Gasteiger partial charge in [-0.25, -0.2) is 0 Å². The molecule has 0 radical (unpaired) electrons. The van der Waals surface area contributed by atoms with Crippen molar-refractivity contribution in [2.45, 2.75) is 63.2 Å². The lowest BCUT2D eigenvalue weighted by Crippen LogP contribution is -2.60. The highest BCUT2D eigenvalue weighted by molar-refractivity contribution is 5.83. The molecule has 5 aliphatic rings. The van der Waals surface area contributed by atoms with Gasteiger partial charge in [0.15, 0.2) is 0 Å². The predicted octanol–water partition coefficient (Wildman–Crippen LogP) is 4.55. The lowest BCUT2D eigenvalue weighted by molar-refractivity contribution is -0.161. The monoisotopic (exact) mass is 353 g/mol. The molecule has 0 spiro atoms. The third-order valence-corrected chi connectivity index (χ3v) is 7.86. The van der Waals surface area contributed by atoms with Gasteiger partial charge in [0.25, 0.3) is 0 Å². The van der Waals surface area contributed by atoms with Crippen LogP contribution >= 0.6 is 0 Å². The number of carbonyl (C=O) groups excluding carboxylic acids is 1. The van der Waals surface area contributed by atoms with E-state index >= 15 is 0 Å². The zero-order valence-corrected chi connectivity index (χ0v) is 16.0. The second kappa shape index (κ2) is 6.00. The van der Waals surface area contributed by atoms with Gasteiger partial charge in [-0.15, -0.1) is 0 Å². The molecule has 4 aliphatic carbocycles. The highest BCUT2D eigenvalue weighted by Crippen LogP contribution is 2.66. The van der Waals surface area contributed by atoms with Gasteiger partial charge in [0, 0.05) is 13.1 Å². The van der Waals surface area contributed by atoms with Crippen LogP contribution in [0.5, 0.6) is 5.75 Å². The Morgan fingerprint density at radius 2 is 1.65 bits per heavy atom. The third-order valence-electron chi connectivity index (χ3n) is 7.86. The molecule has 1 aromatic rings. The zero-order chi connectivity index (χ0) is 17.8. The van der Waals surface area contributed by atoms with Crippen molar-refractivity contribution in [2.24, 2.45) is 17.3 Å². The Labute approximate surface area is 157 Å². The van der Waals surface area contributed by atoms with Gasteiger partial charge in [0.1, 0.15) is 5.75 Å². The quantitative estimate of drug-likeness (QED) is 0.798. The van der Waals surface area contributed by atoms with E-state index in [0.29, 0.717) is 5.91 Å². The first-order chi connectivity index (χ1) is 12.6. The first kappa shape index (κ1) is 16.6. The Morgan fingerprint density at radius 1 is 1.00 bits per heavy atom. The molecule has 5 fully saturated rings. The number of rotatable bonds is 3. The summed E-state index contributed by atoms with van der Waals surface area (Å²) in [4.78, 5) is 15.9. The normalized spacial score (nSPS) is 38.4. The van der Waals surface area contributed by atoms with E-state index in [1.165, 1.54) is 44.1 Å². The van der Waals surface area contributed by atoms with E-state index in [4.69, 9.17) is 4.74 Å². The number of hydrogen-bond acceptors (Lipinski definition) is 2. The SMILES string of the molecule is COc1ccc(C23CC4CC(CC(C(=O)N5CCCCC5)(C4)C2)C3)cc1. The van der Waals surface area contributed by atoms with Crippen molar-refractivity contribution in [3.63, 3.8) is 0 Å². The van der Waals surface area contributed by atoms with Crippen LogP contribution in [0.25, 0.3) is 0 Å². The van der Waals surface area contributed by atoms with Crippen molar-refractivity contribution in [2.75, 3.05) is 20.2 Å². The number of benzene rings is 1. The molecule has 1 amide bonds. The fourth-order valence-corrected chi connectivity index (χ4v) is 7.23. The molecule has 4 saturated carbocycles. The molecule has 1 saturated heterocycles. The summed E-state index contributed by atoms with van der Waals surface area (Å²) in [5, 5.41) is 0. The number of methoxy groups -OCH3 is 1. The first-order valence-electron chi connectivity index (χ1n) is 10.6. The second-order valence-electron chi connectivity index (χ2n) is 9.60. The fourth-order valence-electron chi connectivity index (χ4n) is 7.23. The molecule has 1 heterocycles. The minimum atomic E-state index is -0.0681. The summed E-state index contributed by atoms with van der Waals surface area (Å²) < 4.78 is 5.36. The van der Waals surface area contributed by atoms with Crippen LogP contribution in [0.3, 0.4) is 0 Å². The number of carbonyl (C=O) groups is 1. The molecular weight excluding hydrogens is 322 g/mol. The maximum Gasteiger partial charge on any atom is 0.228 e. The van der Waals surface area contributed by atoms with Crippen molar-refractivity contribution in [1.82, 2.24) is 4.90 Å². The Morgan fingerprint density at radius 3 is 2.27 bits per heavy atom. The van der Waals surface area contributed by atoms with Gasteiger partial charge in [-0.2, -0.15) is 0 Å². The van der Waals surface area contributed by atoms with E-state index in [9.17, 15) is 4.79 Å². The molecule has 140 valence electrons. The molecule has 26 heavy (non-hydrogen) atoms. The average Bonchev–Trinajstić information content (AvgIpc) is 2.67. The smallest absolute Gasteiger partial charge is 0.228 e. The van der Waals surface area contributed by atoms with E-state index in [1.807, 2.05) is 0 Å². The number of likely N-dealkylation sites (tertiary alicyclic amines) is 1. The molecule has 2 atom stereocenters. The van der Waals surface area contributed by atoms with Crippen LogP contribution in [0.2, 0.25) is 0 Å². The minimum Gasteiger partial charge on any atom is -0.497 e. The van der Waals surface area contributed by atoms with Crippen LogP contribution in [0.4, 0.5) is 0 Å². The van der Waals surface area contributed by atoms with E-state index in [-0.39, 0.29) is 10.8 Å². The van der Waals surface area contributed by atoms with Crippen molar-refractivity contribution < 1.29 is 9.53 Å². The van der Waals surface area contributed by atoms with Gasteiger partial charge in [-0.3, -0.25) is 4.79 Å². The number of hydrogen-bond donors (Lipinski definition) is 0. The maximum absolute atomic E-state index is 13.6. The van der Waals surface area contributed by atoms with Crippen molar-refractivity contribution >= 4 is 5.91 Å². The van der Waals surface area contributed by atoms with Crippen LogP contribution in [-0.2, 0) is 10.2 Å². The Hall–Kier alpha value is -1.51. The summed E-state index contributed by atoms with van der Waals surface area (Å²) in [5.41, 5.74) is 1.60. The van der Waals surface area contributed by atoms with Crippen molar-refractivity contribution in [3.8, 4) is 5.75 Å². The first-order valence-corrected chi connectivity index (χ1v) is 10.6. The minimum absolute atomic E-state index is 0.0681. The molecule has 0 aromatic heterocycles. The standard InChI is InChI=1S/C23H31NO2/c1-26-20-7-5-19(6-8-20)22-12-17-11-18(13-22)15-23(14-17,16-22)21(25)24-9-3-2-4-10-24/h5-8,17-18H,2-4,9-16H2,1H3. The molecule has 1 aromatic carbocycles. The van der Waals surface area contributed by atoms with Crippen LogP contribution in [0.1, 0.15) is 63.4 Å². The van der Waals surface area contributed by atoms with E-state index < -0.39 is 0 Å². The Balaban J connectivity index is 1.48. The summed E-state index contributed by atoms with van der Waals surface area (Å²) in [6.45, 7) is 1.98. The van der Waals surface area contributed by atoms with Crippen LogP contribution < -0.4 is 4.74 Å². The Bertz CT molecular complexity index is 675. The largest absolute Gasteiger partial charge is 0.497 e. The summed E-state index contributed by atoms with van der Waals surface area (Å²) in [7, 11) is 1.73. The van der Waals surface area contributed by atoms with Gasteiger partial charge in [-0.05, 0) is 92.7 Å². The number of ether oxygens (including phenoxy) is 1. The molecule has 6 rings (SSSR count). The highest BCUT2D eigenvalue weighted by Gasteiger charge is 2.61. The van der Waals surface area contributed by atoms with Crippen molar-refractivity contribution in [3.05, 3.63) is 29.8 Å². The van der Waals surface area contributed by atoms with Gasteiger partial charge >= 0.3 is 0 Å². The fraction of sp³-hybridized carbons (Fsp3) is 0.696. The van der Waals surface area contributed by atoms with Crippen molar-refractivity contribution in [1.29, 1.82) is 0 Å². The number of nitrogens with zero attached hydrogens (tertiary/aromatic N) is 1. The van der Waals surface area contributed by atoms with Gasteiger partial charge in [0.2, 0.25) is 5.91 Å². The zero-order valence-electron chi connectivity index (χ0n) is 16.0. The molecule has 3 nitrogen and oxygen atoms in total. The van der Waals surface area contributed by atoms with E-state index in [1.54, 1.807) is 7.11 Å². The van der Waals surface area contributed by atoms with Crippen LogP contribution in [-0.4, -0.2) is 31.0 Å². The van der Waals surface area contributed by atoms with Crippen LogP contribution in [0.15, 0.2) is 24.3 Å². The molecule has 4 bridgehead atoms. The molecule has 2 unspecified atom stereocenters. The van der Waals surface area contributed by atoms with E-state index in [0.717, 1.165) is 49.9 Å². The third kappa shape index (κ3) is 2.50. The number of piperidine rings is 1. The molecular formula is C23H31NO2. The summed E-state index contributed by atoms with van der Waals surface area (Å²) in [6, 6.07) is 8.75. The van der Waals surface area contributed by atoms with Gasteiger partial charge in [0.05, 0.1) is 12.5 Å². The number of amides is 1. The maximum atomic E-state index is 13.6. The van der Waals surface area contributed by atoms with E-state index in [2.05, 4.69) is 29.2 Å². The topological polar surface area (TPSA) is 29.5 Å². The molecule has 3 heteroatoms. The Kier molecular flexibility index (Phi) is 3.84. The summed E-state index contributed by atoms with van der Waals surface area (Å²) in [6.07, 6.45) is 11.0. The highest BCUT2D eigenvalue weighted by atomic mass is 16.5. The van der Waals surface area contributed by atoms with Gasteiger partial charge < -0.3 is 9.64 Å². The molecule has 0 N–H and O–H groups in total. The summed E-state index contributed by atoms with van der Waals surface area (Å²) >= 11 is 0. The second-order valence-corrected chi connectivity index (χ2v) is 9.60. The van der Waals surface area contributed by atoms with Crippen LogP contribution in [0, 0.1) is 17.3 Å². The van der Waals surface area contributed by atoms with Gasteiger partial charge in [-0.1, -0.05) is 12.1 Å². The lowest BCUT2D eigenvalue weighted by atomic mass is 9.42. The average molecular weight is 354 g/mol. The predicted molar refractivity (Wildman–Crippen MR) is 102 cm³/mol. The lowest BCUT2D eigenvalue weighted by Gasteiger charge is -2.62. The molecule has 1 aliphatic heterocycles. The summed E-state index contributed by atoms with van der Waals surface area (Å²) in [5.74, 6) is 2.92.